The van der Waals surface area contributed by atoms with Gasteiger partial charge in [0, 0.05) is 6.42 Å². The molecular formula is C32H34N2O7. The molecule has 1 saturated heterocycles. The maximum atomic E-state index is 13.8. The third-order valence-electron chi connectivity index (χ3n) is 6.27. The molecule has 3 aromatic rings. The van der Waals surface area contributed by atoms with E-state index >= 15 is 0 Å². The number of alkyl carbamates (subject to hydrolysis) is 1. The van der Waals surface area contributed by atoms with E-state index in [4.69, 9.17) is 14.2 Å². The predicted molar refractivity (Wildman–Crippen MR) is 150 cm³/mol. The summed E-state index contributed by atoms with van der Waals surface area (Å²) in [4.78, 5) is 53.9. The van der Waals surface area contributed by atoms with E-state index in [-0.39, 0.29) is 19.6 Å². The van der Waals surface area contributed by atoms with Gasteiger partial charge in [-0.2, -0.15) is 0 Å². The van der Waals surface area contributed by atoms with E-state index < -0.39 is 47.7 Å². The summed E-state index contributed by atoms with van der Waals surface area (Å²) in [6, 6.07) is 23.8. The van der Waals surface area contributed by atoms with Gasteiger partial charge in [0.15, 0.2) is 12.1 Å². The van der Waals surface area contributed by atoms with E-state index in [1.807, 2.05) is 66.7 Å². The first-order chi connectivity index (χ1) is 19.6. The quantitative estimate of drug-likeness (QED) is 0.226. The van der Waals surface area contributed by atoms with E-state index in [1.54, 1.807) is 45.0 Å². The van der Waals surface area contributed by atoms with Crippen LogP contribution in [0.4, 0.5) is 4.79 Å². The van der Waals surface area contributed by atoms with E-state index in [0.29, 0.717) is 0 Å². The molecule has 0 spiro atoms. The van der Waals surface area contributed by atoms with Crippen molar-refractivity contribution < 1.29 is 33.4 Å². The molecule has 1 heterocycles. The summed E-state index contributed by atoms with van der Waals surface area (Å²) >= 11 is 0. The first kappa shape index (κ1) is 29.3. The number of nitrogens with one attached hydrogen (secondary N) is 1. The molecule has 1 fully saturated rings. The lowest BCUT2D eigenvalue weighted by molar-refractivity contribution is -0.148. The number of rotatable bonds is 10. The molecule has 9 heteroatoms. The molecule has 9 nitrogen and oxygen atoms in total. The Morgan fingerprint density at radius 2 is 1.12 bits per heavy atom. The summed E-state index contributed by atoms with van der Waals surface area (Å²) in [5.41, 5.74) is 1.50. The van der Waals surface area contributed by atoms with Gasteiger partial charge in [0.1, 0.15) is 24.9 Å². The van der Waals surface area contributed by atoms with Gasteiger partial charge in [-0.3, -0.25) is 4.79 Å². The van der Waals surface area contributed by atoms with Crippen molar-refractivity contribution in [1.82, 2.24) is 10.2 Å². The number of hydrogen-bond donors (Lipinski definition) is 1. The van der Waals surface area contributed by atoms with Crippen molar-refractivity contribution in [3.05, 3.63) is 108 Å². The van der Waals surface area contributed by atoms with Gasteiger partial charge in [0.2, 0.25) is 5.91 Å². The minimum absolute atomic E-state index is 0.0202. The molecule has 0 radical (unpaired) electrons. The van der Waals surface area contributed by atoms with E-state index in [2.05, 4.69) is 5.32 Å². The number of amides is 2. The maximum absolute atomic E-state index is 13.8. The molecule has 0 aromatic heterocycles. The van der Waals surface area contributed by atoms with E-state index in [1.165, 1.54) is 0 Å². The number of hydrogen-bond acceptors (Lipinski definition) is 7. The van der Waals surface area contributed by atoms with Crippen LogP contribution >= 0.6 is 0 Å². The Hall–Kier alpha value is -4.66. The zero-order chi connectivity index (χ0) is 29.4. The highest BCUT2D eigenvalue weighted by Gasteiger charge is 2.62. The summed E-state index contributed by atoms with van der Waals surface area (Å²) < 4.78 is 16.3. The fraction of sp³-hybridized carbons (Fsp3) is 0.312. The topological polar surface area (TPSA) is 111 Å². The summed E-state index contributed by atoms with van der Waals surface area (Å²) in [7, 11) is 0. The summed E-state index contributed by atoms with van der Waals surface area (Å²) in [5, 5.41) is 2.62. The number of carbonyl (C=O) groups is 4. The lowest BCUT2D eigenvalue weighted by Gasteiger charge is -2.23. The molecule has 41 heavy (non-hydrogen) atoms. The molecule has 214 valence electrons. The summed E-state index contributed by atoms with van der Waals surface area (Å²) in [6.07, 6.45) is -0.674. The summed E-state index contributed by atoms with van der Waals surface area (Å²) in [6.45, 7) is 5.09. The number of benzene rings is 3. The van der Waals surface area contributed by atoms with Crippen LogP contribution < -0.4 is 5.32 Å². The maximum Gasteiger partial charge on any atom is 0.408 e. The molecule has 0 unspecified atom stereocenters. The van der Waals surface area contributed by atoms with Crippen LogP contribution in [0.15, 0.2) is 91.0 Å². The average molecular weight is 559 g/mol. The van der Waals surface area contributed by atoms with Gasteiger partial charge in [-0.1, -0.05) is 91.0 Å². The van der Waals surface area contributed by atoms with Crippen molar-refractivity contribution in [3.8, 4) is 0 Å². The molecule has 0 saturated carbocycles. The second-order valence-corrected chi connectivity index (χ2v) is 10.7. The lowest BCUT2D eigenvalue weighted by Crippen LogP contribution is -2.48. The number of esters is 2. The van der Waals surface area contributed by atoms with Crippen LogP contribution in [0.2, 0.25) is 0 Å². The van der Waals surface area contributed by atoms with Crippen molar-refractivity contribution in [1.29, 1.82) is 0 Å². The van der Waals surface area contributed by atoms with Gasteiger partial charge in [0.05, 0.1) is 0 Å². The first-order valence-electron chi connectivity index (χ1n) is 13.4. The Morgan fingerprint density at radius 3 is 1.54 bits per heavy atom. The molecule has 0 aliphatic carbocycles. The molecule has 0 bridgehead atoms. The monoisotopic (exact) mass is 558 g/mol. The molecule has 1 aliphatic heterocycles. The molecule has 1 aliphatic rings. The Labute approximate surface area is 239 Å². The smallest absolute Gasteiger partial charge is 0.408 e. The third kappa shape index (κ3) is 8.41. The normalized spacial score (nSPS) is 16.7. The van der Waals surface area contributed by atoms with Crippen LogP contribution in [0.3, 0.4) is 0 Å². The third-order valence-corrected chi connectivity index (χ3v) is 6.27. The minimum Gasteiger partial charge on any atom is -0.459 e. The van der Waals surface area contributed by atoms with Crippen molar-refractivity contribution in [3.63, 3.8) is 0 Å². The second-order valence-electron chi connectivity index (χ2n) is 10.7. The second kappa shape index (κ2) is 13.1. The lowest BCUT2D eigenvalue weighted by atomic mass is 10.1. The molecule has 1 N–H and O–H groups in total. The highest BCUT2D eigenvalue weighted by molar-refractivity contribution is 6.02. The average Bonchev–Trinajstić information content (AvgIpc) is 3.71. The Kier molecular flexibility index (Phi) is 9.39. The van der Waals surface area contributed by atoms with Crippen LogP contribution in [-0.2, 0) is 48.2 Å². The van der Waals surface area contributed by atoms with Gasteiger partial charge < -0.3 is 24.4 Å². The zero-order valence-electron chi connectivity index (χ0n) is 23.3. The fourth-order valence-electron chi connectivity index (χ4n) is 4.30. The Morgan fingerprint density at radius 1 is 0.707 bits per heavy atom. The van der Waals surface area contributed by atoms with Gasteiger partial charge in [0.25, 0.3) is 0 Å². The van der Waals surface area contributed by atoms with Gasteiger partial charge >= 0.3 is 18.0 Å². The van der Waals surface area contributed by atoms with Crippen molar-refractivity contribution in [2.75, 3.05) is 0 Å². The van der Waals surface area contributed by atoms with Crippen LogP contribution in [-0.4, -0.2) is 52.6 Å². The highest BCUT2D eigenvalue weighted by Crippen LogP contribution is 2.33. The number of carbonyl (C=O) groups excluding carboxylic acids is 4. The van der Waals surface area contributed by atoms with Crippen molar-refractivity contribution in [2.45, 2.75) is 64.1 Å². The SMILES string of the molecule is CC(C)(C)OC(=O)N[C@@H](Cc1ccccc1)C(=O)N1[C@H](C(=O)OCc2ccccc2)[C@H]1C(=O)OCc1ccccc1. The molecule has 3 atom stereocenters. The van der Waals surface area contributed by atoms with Gasteiger partial charge in [-0.25, -0.2) is 14.4 Å². The molecule has 3 aromatic carbocycles. The van der Waals surface area contributed by atoms with E-state index in [0.717, 1.165) is 21.6 Å². The number of ether oxygens (including phenoxy) is 3. The zero-order valence-corrected chi connectivity index (χ0v) is 23.3. The molecule has 4 rings (SSSR count). The highest BCUT2D eigenvalue weighted by atomic mass is 16.6. The van der Waals surface area contributed by atoms with Crippen LogP contribution in [0.25, 0.3) is 0 Å². The minimum atomic E-state index is -1.19. The van der Waals surface area contributed by atoms with Crippen molar-refractivity contribution in [2.24, 2.45) is 0 Å². The van der Waals surface area contributed by atoms with Crippen LogP contribution in [0.1, 0.15) is 37.5 Å². The molecule has 2 amide bonds. The standard InChI is InChI=1S/C32H34N2O7/c1-32(2,3)41-31(38)33-25(19-22-13-7-4-8-14-22)28(35)34-26(29(36)39-20-23-15-9-5-10-16-23)27(34)30(37)40-21-24-17-11-6-12-18-24/h4-18,25-27H,19-21H2,1-3H3,(H,33,38)/t25-,26-,27-/m0/s1. The summed E-state index contributed by atoms with van der Waals surface area (Å²) in [5.74, 6) is -2.10. The first-order valence-corrected chi connectivity index (χ1v) is 13.4. The van der Waals surface area contributed by atoms with Crippen LogP contribution in [0.5, 0.6) is 0 Å². The van der Waals surface area contributed by atoms with Gasteiger partial charge in [-0.15, -0.1) is 0 Å². The fourth-order valence-corrected chi connectivity index (χ4v) is 4.30. The molecular weight excluding hydrogens is 524 g/mol. The predicted octanol–water partition coefficient (Wildman–Crippen LogP) is 4.19. The Balaban J connectivity index is 1.53. The van der Waals surface area contributed by atoms with Crippen LogP contribution in [0, 0.1) is 0 Å². The van der Waals surface area contributed by atoms with Gasteiger partial charge in [-0.05, 0) is 37.5 Å². The number of nitrogens with zero attached hydrogens (tertiary/aromatic N) is 1. The van der Waals surface area contributed by atoms with Crippen molar-refractivity contribution >= 4 is 23.9 Å². The van der Waals surface area contributed by atoms with E-state index in [9.17, 15) is 19.2 Å². The largest absolute Gasteiger partial charge is 0.459 e. The Bertz CT molecular complexity index is 1280.